The van der Waals surface area contributed by atoms with E-state index in [1.54, 1.807) is 6.07 Å². The van der Waals surface area contributed by atoms with Crippen LogP contribution in [-0.4, -0.2) is 12.0 Å². The van der Waals surface area contributed by atoms with Gasteiger partial charge in [-0.2, -0.15) is 0 Å². The van der Waals surface area contributed by atoms with Crippen LogP contribution in [0, 0.1) is 17.6 Å². The molecule has 1 aliphatic carbocycles. The van der Waals surface area contributed by atoms with Gasteiger partial charge in [0.25, 0.3) is 0 Å². The number of hydrogen-bond acceptors (Lipinski definition) is 2. The zero-order valence-electron chi connectivity index (χ0n) is 11.9. The monoisotopic (exact) mass is 335 g/mol. The summed E-state index contributed by atoms with van der Waals surface area (Å²) in [5.41, 5.74) is 1.05. The van der Waals surface area contributed by atoms with E-state index < -0.39 is 5.82 Å². The van der Waals surface area contributed by atoms with E-state index in [0.717, 1.165) is 5.56 Å². The van der Waals surface area contributed by atoms with E-state index in [-0.39, 0.29) is 36.2 Å². The van der Waals surface area contributed by atoms with Crippen molar-refractivity contribution in [3.05, 3.63) is 64.2 Å². The number of halogens is 3. The fourth-order valence-corrected chi connectivity index (χ4v) is 3.32. The summed E-state index contributed by atoms with van der Waals surface area (Å²) in [7, 11) is 0. The van der Waals surface area contributed by atoms with Gasteiger partial charge in [-0.1, -0.05) is 11.6 Å². The molecule has 3 unspecified atom stereocenters. The van der Waals surface area contributed by atoms with Gasteiger partial charge in [-0.25, -0.2) is 8.78 Å². The molecule has 0 spiro atoms. The highest BCUT2D eigenvalue weighted by atomic mass is 35.5. The Kier molecular flexibility index (Phi) is 3.27. The van der Waals surface area contributed by atoms with E-state index in [4.69, 9.17) is 16.3 Å². The van der Waals surface area contributed by atoms with Gasteiger partial charge in [-0.3, -0.25) is 4.79 Å². The molecule has 2 aromatic rings. The zero-order valence-corrected chi connectivity index (χ0v) is 12.6. The lowest BCUT2D eigenvalue weighted by molar-refractivity contribution is -0.123. The first-order valence-corrected chi connectivity index (χ1v) is 7.60. The molecule has 3 nitrogen and oxygen atoms in total. The average molecular weight is 336 g/mol. The molecule has 2 aliphatic rings. The summed E-state index contributed by atoms with van der Waals surface area (Å²) in [6, 6.07) is 8.51. The third-order valence-corrected chi connectivity index (χ3v) is 4.55. The summed E-state index contributed by atoms with van der Waals surface area (Å²) in [6.07, 6.45) is -0.254. The number of carbonyl (C=O) groups excluding carboxylic acids is 1. The Morgan fingerprint density at radius 3 is 2.87 bits per heavy atom. The summed E-state index contributed by atoms with van der Waals surface area (Å²) in [6.45, 7) is 0.0528. The van der Waals surface area contributed by atoms with Crippen molar-refractivity contribution >= 4 is 17.5 Å². The Hall–Kier alpha value is -2.14. The van der Waals surface area contributed by atoms with Crippen molar-refractivity contribution in [1.29, 1.82) is 0 Å². The molecule has 23 heavy (non-hydrogen) atoms. The second kappa shape index (κ2) is 5.20. The number of fused-ring (bicyclic) bond motifs is 3. The Morgan fingerprint density at radius 1 is 1.22 bits per heavy atom. The molecule has 0 saturated heterocycles. The largest absolute Gasteiger partial charge is 0.489 e. The van der Waals surface area contributed by atoms with Crippen LogP contribution in [0.3, 0.4) is 0 Å². The van der Waals surface area contributed by atoms with Crippen molar-refractivity contribution in [2.24, 2.45) is 5.92 Å². The number of ether oxygens (including phenoxy) is 1. The highest BCUT2D eigenvalue weighted by molar-refractivity contribution is 6.30. The number of amides is 1. The molecule has 0 radical (unpaired) electrons. The van der Waals surface area contributed by atoms with Crippen LogP contribution in [0.1, 0.15) is 17.0 Å². The molecule has 1 saturated carbocycles. The number of rotatable bonds is 3. The molecule has 1 amide bonds. The molecule has 0 bridgehead atoms. The Bertz CT molecular complexity index is 811. The van der Waals surface area contributed by atoms with Gasteiger partial charge in [0, 0.05) is 28.6 Å². The summed E-state index contributed by atoms with van der Waals surface area (Å²) in [4.78, 5) is 12.2. The molecule has 3 atom stereocenters. The topological polar surface area (TPSA) is 38.3 Å². The minimum atomic E-state index is -0.422. The van der Waals surface area contributed by atoms with Crippen molar-refractivity contribution in [3.63, 3.8) is 0 Å². The van der Waals surface area contributed by atoms with Crippen LogP contribution in [0.5, 0.6) is 5.75 Å². The van der Waals surface area contributed by atoms with Crippen LogP contribution in [0.2, 0.25) is 5.02 Å². The first-order valence-electron chi connectivity index (χ1n) is 7.22. The standard InChI is InChI=1S/C17H12ClF2NO2/c18-9-1-3-12(20)8(5-9)7-21-17(22)15-14-11-6-10(19)2-4-13(11)23-16(14)15/h1-6,14-16H,7H2,(H,21,22). The number of hydrogen-bond donors (Lipinski definition) is 1. The van der Waals surface area contributed by atoms with Crippen LogP contribution in [-0.2, 0) is 11.3 Å². The van der Waals surface area contributed by atoms with Gasteiger partial charge in [-0.05, 0) is 36.4 Å². The van der Waals surface area contributed by atoms with Crippen molar-refractivity contribution in [3.8, 4) is 5.75 Å². The molecule has 0 aromatic heterocycles. The van der Waals surface area contributed by atoms with Crippen molar-refractivity contribution < 1.29 is 18.3 Å². The molecule has 4 rings (SSSR count). The summed E-state index contributed by atoms with van der Waals surface area (Å²) in [5.74, 6) is -0.841. The Labute approximate surface area is 136 Å². The van der Waals surface area contributed by atoms with Gasteiger partial charge in [0.15, 0.2) is 0 Å². The predicted octanol–water partition coefficient (Wildman–Crippen LogP) is 3.41. The molecular formula is C17H12ClF2NO2. The van der Waals surface area contributed by atoms with Gasteiger partial charge in [-0.15, -0.1) is 0 Å². The van der Waals surface area contributed by atoms with Crippen LogP contribution < -0.4 is 10.1 Å². The third-order valence-electron chi connectivity index (χ3n) is 4.31. The molecule has 2 aromatic carbocycles. The second-order valence-electron chi connectivity index (χ2n) is 5.77. The number of nitrogens with one attached hydrogen (secondary N) is 1. The smallest absolute Gasteiger partial charge is 0.227 e. The van der Waals surface area contributed by atoms with Crippen LogP contribution >= 0.6 is 11.6 Å². The third kappa shape index (κ3) is 2.45. The lowest BCUT2D eigenvalue weighted by atomic mass is 10.1. The minimum absolute atomic E-state index is 0.0528. The van der Waals surface area contributed by atoms with Crippen LogP contribution in [0.15, 0.2) is 36.4 Å². The van der Waals surface area contributed by atoms with E-state index in [1.165, 1.54) is 30.3 Å². The predicted molar refractivity (Wildman–Crippen MR) is 80.3 cm³/mol. The fraction of sp³-hybridized carbons (Fsp3) is 0.235. The molecule has 118 valence electrons. The average Bonchev–Trinajstić information content (AvgIpc) is 3.12. The zero-order chi connectivity index (χ0) is 16.1. The van der Waals surface area contributed by atoms with E-state index in [9.17, 15) is 13.6 Å². The fourth-order valence-electron chi connectivity index (χ4n) is 3.13. The summed E-state index contributed by atoms with van der Waals surface area (Å²) >= 11 is 5.82. The molecule has 1 heterocycles. The summed E-state index contributed by atoms with van der Waals surface area (Å²) < 4.78 is 32.6. The lowest BCUT2D eigenvalue weighted by Crippen LogP contribution is -2.27. The first-order chi connectivity index (χ1) is 11.0. The Balaban J connectivity index is 1.43. The molecule has 1 fully saturated rings. The lowest BCUT2D eigenvalue weighted by Gasteiger charge is -2.10. The van der Waals surface area contributed by atoms with Crippen molar-refractivity contribution in [2.45, 2.75) is 18.6 Å². The van der Waals surface area contributed by atoms with Gasteiger partial charge in [0.1, 0.15) is 23.5 Å². The maximum absolute atomic E-state index is 13.6. The quantitative estimate of drug-likeness (QED) is 0.933. The molecule has 1 aliphatic heterocycles. The van der Waals surface area contributed by atoms with Gasteiger partial charge in [0.2, 0.25) is 5.91 Å². The molecular weight excluding hydrogens is 324 g/mol. The highest BCUT2D eigenvalue weighted by Gasteiger charge is 2.62. The molecule has 6 heteroatoms. The normalized spacial score (nSPS) is 23.7. The maximum Gasteiger partial charge on any atom is 0.227 e. The van der Waals surface area contributed by atoms with Crippen molar-refractivity contribution in [1.82, 2.24) is 5.32 Å². The highest BCUT2D eigenvalue weighted by Crippen LogP contribution is 2.58. The van der Waals surface area contributed by atoms with Gasteiger partial charge >= 0.3 is 0 Å². The van der Waals surface area contributed by atoms with E-state index in [1.807, 2.05) is 0 Å². The van der Waals surface area contributed by atoms with E-state index in [2.05, 4.69) is 5.32 Å². The van der Waals surface area contributed by atoms with Crippen LogP contribution in [0.25, 0.3) is 0 Å². The van der Waals surface area contributed by atoms with Crippen LogP contribution in [0.4, 0.5) is 8.78 Å². The Morgan fingerprint density at radius 2 is 2.04 bits per heavy atom. The van der Waals surface area contributed by atoms with Crippen molar-refractivity contribution in [2.75, 3.05) is 0 Å². The van der Waals surface area contributed by atoms with Gasteiger partial charge in [0.05, 0.1) is 5.92 Å². The minimum Gasteiger partial charge on any atom is -0.489 e. The van der Waals surface area contributed by atoms with E-state index in [0.29, 0.717) is 16.3 Å². The number of benzene rings is 2. The number of carbonyl (C=O) groups is 1. The molecule has 1 N–H and O–H groups in total. The van der Waals surface area contributed by atoms with E-state index >= 15 is 0 Å². The second-order valence-corrected chi connectivity index (χ2v) is 6.21. The SMILES string of the molecule is O=C(NCc1cc(Cl)ccc1F)C1C2Oc3ccc(F)cc3C21. The first kappa shape index (κ1) is 14.5. The van der Waals surface area contributed by atoms with Gasteiger partial charge < -0.3 is 10.1 Å². The summed E-state index contributed by atoms with van der Waals surface area (Å²) in [5, 5.41) is 3.10. The maximum atomic E-state index is 13.6.